The van der Waals surface area contributed by atoms with Gasteiger partial charge in [-0.25, -0.2) is 0 Å². The number of nitrogens with zero attached hydrogens (tertiary/aromatic N) is 2. The first-order chi connectivity index (χ1) is 10.3. The van der Waals surface area contributed by atoms with E-state index in [1.807, 2.05) is 39.0 Å². The van der Waals surface area contributed by atoms with Crippen molar-refractivity contribution in [1.29, 1.82) is 0 Å². The standard InChI is InChI=1S/C17H20N2O3/c1-10-6-7-15-14(8-10)19(16(20)17(4,5)21-15)9-13-11(2)18-22-12(13)3/h6-8H,9H2,1-5H3. The van der Waals surface area contributed by atoms with Crippen molar-refractivity contribution in [1.82, 2.24) is 5.16 Å². The van der Waals surface area contributed by atoms with E-state index in [1.54, 1.807) is 18.7 Å². The lowest BCUT2D eigenvalue weighted by atomic mass is 10.0. The lowest BCUT2D eigenvalue weighted by molar-refractivity contribution is -0.132. The molecule has 0 N–H and O–H groups in total. The Morgan fingerprint density at radius 1 is 1.23 bits per heavy atom. The van der Waals surface area contributed by atoms with Gasteiger partial charge < -0.3 is 14.2 Å². The van der Waals surface area contributed by atoms with Gasteiger partial charge in [0.25, 0.3) is 5.91 Å². The van der Waals surface area contributed by atoms with E-state index >= 15 is 0 Å². The first-order valence-electron chi connectivity index (χ1n) is 7.33. The maximum atomic E-state index is 12.8. The van der Waals surface area contributed by atoms with Gasteiger partial charge in [0.1, 0.15) is 11.5 Å². The molecule has 2 aromatic rings. The highest BCUT2D eigenvalue weighted by atomic mass is 16.5. The molecule has 0 unspecified atom stereocenters. The van der Waals surface area contributed by atoms with Crippen molar-refractivity contribution in [3.05, 3.63) is 40.8 Å². The van der Waals surface area contributed by atoms with Crippen molar-refractivity contribution in [2.75, 3.05) is 4.90 Å². The van der Waals surface area contributed by atoms with E-state index in [-0.39, 0.29) is 5.91 Å². The summed E-state index contributed by atoms with van der Waals surface area (Å²) in [6, 6.07) is 5.87. The van der Waals surface area contributed by atoms with Crippen LogP contribution in [0.5, 0.6) is 5.75 Å². The van der Waals surface area contributed by atoms with Gasteiger partial charge in [-0.1, -0.05) is 11.2 Å². The third-order valence-corrected chi connectivity index (χ3v) is 4.03. The summed E-state index contributed by atoms with van der Waals surface area (Å²) in [5.74, 6) is 1.40. The average Bonchev–Trinajstić information content (AvgIpc) is 2.76. The molecule has 0 saturated heterocycles. The number of rotatable bonds is 2. The maximum Gasteiger partial charge on any atom is 0.271 e. The fourth-order valence-electron chi connectivity index (χ4n) is 2.72. The van der Waals surface area contributed by atoms with Crippen molar-refractivity contribution in [2.24, 2.45) is 0 Å². The van der Waals surface area contributed by atoms with Gasteiger partial charge in [0, 0.05) is 5.56 Å². The zero-order chi connectivity index (χ0) is 16.1. The van der Waals surface area contributed by atoms with Crippen LogP contribution in [0.15, 0.2) is 22.7 Å². The molecule has 22 heavy (non-hydrogen) atoms. The Kier molecular flexibility index (Phi) is 3.24. The number of carbonyl (C=O) groups excluding carboxylic acids is 1. The summed E-state index contributed by atoms with van der Waals surface area (Å²) >= 11 is 0. The number of amides is 1. The van der Waals surface area contributed by atoms with E-state index < -0.39 is 5.60 Å². The molecule has 1 amide bonds. The molecule has 0 aliphatic carbocycles. The lowest BCUT2D eigenvalue weighted by Crippen LogP contribution is -2.52. The Balaban J connectivity index is 2.09. The van der Waals surface area contributed by atoms with Crippen LogP contribution in [0.2, 0.25) is 0 Å². The highest BCUT2D eigenvalue weighted by Gasteiger charge is 2.41. The second-order valence-electron chi connectivity index (χ2n) is 6.28. The number of hydrogen-bond donors (Lipinski definition) is 0. The summed E-state index contributed by atoms with van der Waals surface area (Å²) in [4.78, 5) is 14.6. The molecule has 0 radical (unpaired) electrons. The maximum absolute atomic E-state index is 12.8. The van der Waals surface area contributed by atoms with Gasteiger partial charge in [-0.05, 0) is 52.3 Å². The Morgan fingerprint density at radius 2 is 1.95 bits per heavy atom. The van der Waals surface area contributed by atoms with E-state index in [4.69, 9.17) is 9.26 Å². The Bertz CT molecular complexity index is 727. The van der Waals surface area contributed by atoms with E-state index in [9.17, 15) is 4.79 Å². The largest absolute Gasteiger partial charge is 0.476 e. The normalized spacial score (nSPS) is 16.4. The van der Waals surface area contributed by atoms with Crippen LogP contribution < -0.4 is 9.64 Å². The quantitative estimate of drug-likeness (QED) is 0.854. The first-order valence-corrected chi connectivity index (χ1v) is 7.33. The van der Waals surface area contributed by atoms with Crippen LogP contribution in [0.4, 0.5) is 5.69 Å². The first kappa shape index (κ1) is 14.6. The monoisotopic (exact) mass is 300 g/mol. The van der Waals surface area contributed by atoms with E-state index in [2.05, 4.69) is 5.16 Å². The minimum atomic E-state index is -0.888. The molecule has 3 rings (SSSR count). The van der Waals surface area contributed by atoms with Crippen molar-refractivity contribution in [3.63, 3.8) is 0 Å². The Morgan fingerprint density at radius 3 is 2.59 bits per heavy atom. The molecule has 1 aromatic carbocycles. The van der Waals surface area contributed by atoms with Crippen LogP contribution in [0.1, 0.15) is 36.4 Å². The number of anilines is 1. The molecular weight excluding hydrogens is 280 g/mol. The summed E-state index contributed by atoms with van der Waals surface area (Å²) in [6.07, 6.45) is 0. The topological polar surface area (TPSA) is 55.6 Å². The molecule has 1 aromatic heterocycles. The highest BCUT2D eigenvalue weighted by Crippen LogP contribution is 2.39. The van der Waals surface area contributed by atoms with Crippen LogP contribution in [0.3, 0.4) is 0 Å². The van der Waals surface area contributed by atoms with Crippen LogP contribution in [-0.4, -0.2) is 16.7 Å². The molecular formula is C17H20N2O3. The minimum Gasteiger partial charge on any atom is -0.476 e. The zero-order valence-electron chi connectivity index (χ0n) is 13.6. The van der Waals surface area contributed by atoms with Crippen molar-refractivity contribution < 1.29 is 14.1 Å². The van der Waals surface area contributed by atoms with Gasteiger partial charge in [-0.2, -0.15) is 0 Å². The van der Waals surface area contributed by atoms with Gasteiger partial charge in [-0.15, -0.1) is 0 Å². The van der Waals surface area contributed by atoms with Crippen LogP contribution >= 0.6 is 0 Å². The molecule has 0 spiro atoms. The van der Waals surface area contributed by atoms with Crippen molar-refractivity contribution >= 4 is 11.6 Å². The molecule has 0 bridgehead atoms. The number of ether oxygens (including phenoxy) is 1. The summed E-state index contributed by atoms with van der Waals surface area (Å²) in [7, 11) is 0. The molecule has 1 aliphatic rings. The average molecular weight is 300 g/mol. The minimum absolute atomic E-state index is 0.0643. The SMILES string of the molecule is Cc1ccc2c(c1)N(Cc1c(C)noc1C)C(=O)C(C)(C)O2. The molecule has 5 heteroatoms. The molecule has 5 nitrogen and oxygen atoms in total. The van der Waals surface area contributed by atoms with Gasteiger partial charge in [0.15, 0.2) is 5.60 Å². The fraction of sp³-hybridized carbons (Fsp3) is 0.412. The number of hydrogen-bond acceptors (Lipinski definition) is 4. The van der Waals surface area contributed by atoms with Gasteiger partial charge in [0.2, 0.25) is 0 Å². The van der Waals surface area contributed by atoms with Gasteiger partial charge in [-0.3, -0.25) is 4.79 Å². The third kappa shape index (κ3) is 2.26. The third-order valence-electron chi connectivity index (χ3n) is 4.03. The van der Waals surface area contributed by atoms with Crippen molar-refractivity contribution in [3.8, 4) is 5.75 Å². The molecule has 116 valence electrons. The molecule has 1 aliphatic heterocycles. The van der Waals surface area contributed by atoms with Crippen LogP contribution in [-0.2, 0) is 11.3 Å². The summed E-state index contributed by atoms with van der Waals surface area (Å²) in [5.41, 5.74) is 2.74. The van der Waals surface area contributed by atoms with Gasteiger partial charge in [0.05, 0.1) is 17.9 Å². The van der Waals surface area contributed by atoms with E-state index in [0.29, 0.717) is 6.54 Å². The number of aryl methyl sites for hydroxylation is 3. The summed E-state index contributed by atoms with van der Waals surface area (Å²) < 4.78 is 11.1. The number of aromatic nitrogens is 1. The molecule has 2 heterocycles. The van der Waals surface area contributed by atoms with E-state index in [1.165, 1.54) is 0 Å². The molecule has 0 atom stereocenters. The number of benzene rings is 1. The zero-order valence-corrected chi connectivity index (χ0v) is 13.6. The van der Waals surface area contributed by atoms with Crippen LogP contribution in [0, 0.1) is 20.8 Å². The number of carbonyl (C=O) groups is 1. The highest BCUT2D eigenvalue weighted by molar-refractivity contribution is 6.02. The predicted molar refractivity (Wildman–Crippen MR) is 83.1 cm³/mol. The molecule has 0 fully saturated rings. The fourth-order valence-corrected chi connectivity index (χ4v) is 2.72. The van der Waals surface area contributed by atoms with Crippen molar-refractivity contribution in [2.45, 2.75) is 46.8 Å². The second kappa shape index (κ2) is 4.87. The summed E-state index contributed by atoms with van der Waals surface area (Å²) in [6.45, 7) is 9.76. The Labute approximate surface area is 129 Å². The smallest absolute Gasteiger partial charge is 0.271 e. The van der Waals surface area contributed by atoms with E-state index in [0.717, 1.165) is 34.0 Å². The second-order valence-corrected chi connectivity index (χ2v) is 6.28. The molecule has 0 saturated carbocycles. The van der Waals surface area contributed by atoms with Gasteiger partial charge >= 0.3 is 0 Å². The Hall–Kier alpha value is -2.30. The summed E-state index contributed by atoms with van der Waals surface area (Å²) in [5, 5.41) is 3.97. The predicted octanol–water partition coefficient (Wildman–Crippen LogP) is 3.30. The van der Waals surface area contributed by atoms with Crippen LogP contribution in [0.25, 0.3) is 0 Å². The number of fused-ring (bicyclic) bond motifs is 1. The lowest BCUT2D eigenvalue weighted by Gasteiger charge is -2.39.